The van der Waals surface area contributed by atoms with E-state index in [1.807, 2.05) is 67.7 Å². The number of benzene rings is 2. The van der Waals surface area contributed by atoms with Crippen molar-refractivity contribution in [1.82, 2.24) is 14.5 Å². The van der Waals surface area contributed by atoms with E-state index in [0.717, 1.165) is 30.0 Å². The van der Waals surface area contributed by atoms with E-state index in [9.17, 15) is 14.0 Å². The van der Waals surface area contributed by atoms with Crippen LogP contribution in [-0.2, 0) is 22.3 Å². The summed E-state index contributed by atoms with van der Waals surface area (Å²) in [5.41, 5.74) is -3.06. The number of aromatic nitrogens is 2. The summed E-state index contributed by atoms with van der Waals surface area (Å²) in [6, 6.07) is 3.42. The molecule has 3 aliphatic rings. The molecule has 2 aromatic carbocycles. The lowest BCUT2D eigenvalue weighted by Crippen LogP contribution is -2.93. The van der Waals surface area contributed by atoms with Crippen molar-refractivity contribution in [3.63, 3.8) is 0 Å². The van der Waals surface area contributed by atoms with Gasteiger partial charge in [0.1, 0.15) is 80.2 Å². The van der Waals surface area contributed by atoms with Gasteiger partial charge in [0.05, 0.1) is 24.3 Å². The summed E-state index contributed by atoms with van der Waals surface area (Å²) in [4.78, 5) is 35.9. The number of piperazine rings is 1. The summed E-state index contributed by atoms with van der Waals surface area (Å²) in [5.74, 6) is -2.08. The smallest absolute Gasteiger partial charge is 0.380 e. The molecule has 1 aromatic heterocycles. The summed E-state index contributed by atoms with van der Waals surface area (Å²) >= 11 is 1.11. The summed E-state index contributed by atoms with van der Waals surface area (Å²) in [6.07, 6.45) is -3.73. The van der Waals surface area contributed by atoms with Crippen LogP contribution in [0.2, 0.25) is 0 Å². The van der Waals surface area contributed by atoms with Crippen LogP contribution in [0.4, 0.5) is 27.8 Å². The molecule has 6 rings (SSSR count). The summed E-state index contributed by atoms with van der Waals surface area (Å²) in [7, 11) is 15.0. The highest BCUT2D eigenvalue weighted by atomic mass is 32.2. The van der Waals surface area contributed by atoms with Crippen molar-refractivity contribution < 1.29 is 31.5 Å². The van der Waals surface area contributed by atoms with E-state index in [-0.39, 0.29) is 47.3 Å². The zero-order valence-electron chi connectivity index (χ0n) is 28.2. The number of ether oxygens (including phenoxy) is 1. The van der Waals surface area contributed by atoms with Crippen molar-refractivity contribution in [3.05, 3.63) is 64.6 Å². The molecule has 0 N–H and O–H groups in total. The lowest BCUT2D eigenvalue weighted by Gasteiger charge is -2.74. The zero-order valence-corrected chi connectivity index (χ0v) is 29.1. The second-order valence-corrected chi connectivity index (χ2v) is 16.2. The Morgan fingerprint density at radius 2 is 1.58 bits per heavy atom. The molecule has 2 fully saturated rings. The fourth-order valence-electron chi connectivity index (χ4n) is 7.87. The zero-order chi connectivity index (χ0) is 35.6. The van der Waals surface area contributed by atoms with Gasteiger partial charge < -0.3 is 14.5 Å². The van der Waals surface area contributed by atoms with Crippen LogP contribution < -0.4 is 10.6 Å². The van der Waals surface area contributed by atoms with Gasteiger partial charge in [0, 0.05) is 45.2 Å². The summed E-state index contributed by atoms with van der Waals surface area (Å²) in [6.45, 7) is 4.43. The van der Waals surface area contributed by atoms with Gasteiger partial charge in [-0.25, -0.2) is 13.6 Å². The predicted molar refractivity (Wildman–Crippen MR) is 199 cm³/mol. The van der Waals surface area contributed by atoms with Gasteiger partial charge in [-0.15, -0.1) is 11.8 Å². The van der Waals surface area contributed by atoms with E-state index >= 15 is 17.6 Å². The molecule has 0 atom stereocenters. The van der Waals surface area contributed by atoms with Gasteiger partial charge in [0.15, 0.2) is 0 Å². The second kappa shape index (κ2) is 10.8. The Labute approximate surface area is 286 Å². The minimum absolute atomic E-state index is 0.0207. The molecular weight excluding hydrogens is 642 g/mol. The predicted octanol–water partition coefficient (Wildman–Crippen LogP) is -4.00. The quantitative estimate of drug-likeness (QED) is 0.161. The van der Waals surface area contributed by atoms with Crippen LogP contribution in [0.3, 0.4) is 0 Å². The maximum Gasteiger partial charge on any atom is 0.417 e. The van der Waals surface area contributed by atoms with Crippen molar-refractivity contribution in [2.75, 3.05) is 23.9 Å². The van der Waals surface area contributed by atoms with Crippen molar-refractivity contribution in [3.8, 4) is 11.1 Å². The van der Waals surface area contributed by atoms with Gasteiger partial charge >= 0.3 is 11.9 Å². The highest BCUT2D eigenvalue weighted by Crippen LogP contribution is 2.53. The number of alkyl halides is 3. The van der Waals surface area contributed by atoms with Crippen molar-refractivity contribution in [1.29, 1.82) is 0 Å². The molecule has 0 saturated carbocycles. The highest BCUT2D eigenvalue weighted by Gasteiger charge is 2.63. The third-order valence-corrected chi connectivity index (χ3v) is 12.8. The van der Waals surface area contributed by atoms with Gasteiger partial charge in [-0.2, -0.15) is 18.2 Å². The number of thioether (sulfide) groups is 1. The van der Waals surface area contributed by atoms with Gasteiger partial charge in [-0.1, -0.05) is 6.58 Å². The largest absolute Gasteiger partial charge is 0.417 e. The number of amides is 1. The van der Waals surface area contributed by atoms with E-state index < -0.39 is 67.0 Å². The molecule has 2 saturated heterocycles. The number of carbonyl (C=O) groups excluding carboxylic acids is 1. The minimum atomic E-state index is -4.97. The van der Waals surface area contributed by atoms with Crippen LogP contribution in [0.5, 0.6) is 0 Å². The maximum atomic E-state index is 15.5. The van der Waals surface area contributed by atoms with Gasteiger partial charge in [-0.3, -0.25) is 9.36 Å². The average molecular weight is 673 g/mol. The lowest BCUT2D eigenvalue weighted by atomic mass is 9.26. The molecule has 0 aliphatic carbocycles. The number of nitrogens with zero attached hydrogens (tertiary/aromatic N) is 4. The second-order valence-electron chi connectivity index (χ2n) is 15.2. The fraction of sp³-hybridized carbons (Fsp3) is 0.370. The van der Waals surface area contributed by atoms with Crippen LogP contribution in [0.15, 0.2) is 46.6 Å². The van der Waals surface area contributed by atoms with E-state index in [0.29, 0.717) is 11.8 Å². The van der Waals surface area contributed by atoms with E-state index in [1.54, 1.807) is 4.90 Å². The fourth-order valence-corrected chi connectivity index (χ4v) is 9.30. The first-order valence-corrected chi connectivity index (χ1v) is 16.6. The molecule has 1 amide bonds. The molecule has 1 spiro atoms. The van der Waals surface area contributed by atoms with Crippen LogP contribution >= 0.6 is 11.8 Å². The Bertz CT molecular complexity index is 1940. The van der Waals surface area contributed by atoms with Crippen LogP contribution in [0.25, 0.3) is 22.0 Å². The SMILES string of the molecule is BC1(B)N(C(=O)C=C)C(B)(B)C(B)(B)N(c2nc(=O)n3c4c(c(-c5ccc(F)cc5F)c(C(F)(F)F)cc24)SCC2(COC2)C3)C1(B)B. The molecule has 3 aliphatic heterocycles. The molecule has 0 unspecified atom stereocenters. The average Bonchev–Trinajstić information content (AvgIpc) is 3.13. The summed E-state index contributed by atoms with van der Waals surface area (Å²) in [5, 5.41) is -3.93. The molecular formula is C27H31B8F5N4O3S. The Morgan fingerprint density at radius 3 is 2.08 bits per heavy atom. The normalized spacial score (nSPS) is 21.8. The number of carbonyl (C=O) groups is 1. The Hall–Kier alpha value is -2.93. The molecule has 4 heterocycles. The number of hydrogen-bond donors (Lipinski definition) is 0. The van der Waals surface area contributed by atoms with Gasteiger partial charge in [-0.05, 0) is 45.6 Å². The van der Waals surface area contributed by atoms with Crippen molar-refractivity contribution in [2.45, 2.75) is 39.0 Å². The van der Waals surface area contributed by atoms with Crippen LogP contribution in [0.1, 0.15) is 5.56 Å². The number of hydrogen-bond acceptors (Lipinski definition) is 6. The molecule has 7 nitrogen and oxygen atoms in total. The van der Waals surface area contributed by atoms with Crippen molar-refractivity contribution in [2.24, 2.45) is 5.41 Å². The van der Waals surface area contributed by atoms with E-state index in [4.69, 9.17) is 4.74 Å². The lowest BCUT2D eigenvalue weighted by molar-refractivity contribution is -0.137. The monoisotopic (exact) mass is 674 g/mol. The topological polar surface area (TPSA) is 67.7 Å². The number of anilines is 1. The van der Waals surface area contributed by atoms with Crippen LogP contribution in [-0.4, -0.2) is 123 Å². The first-order valence-electron chi connectivity index (χ1n) is 15.7. The standard InChI is InChI=1S/C27H31B8F5N4O3S/c1-2-16(45)43-24(28,29)26(32,33)44(27(34,35)25(43,30)31)20-13-6-14(23(38,39)40)17(12-4-3-11(36)5-15(12)37)19-18(13)42(21(46)41-20)7-22(10-48-19)8-47-9-22/h2-6H,1,7-10,28-35H2. The highest BCUT2D eigenvalue weighted by molar-refractivity contribution is 7.99. The summed E-state index contributed by atoms with van der Waals surface area (Å²) < 4.78 is 82.1. The molecule has 0 bridgehead atoms. The molecule has 48 heavy (non-hydrogen) atoms. The Morgan fingerprint density at radius 1 is 0.979 bits per heavy atom. The molecule has 0 radical (unpaired) electrons. The molecule has 242 valence electrons. The third-order valence-electron chi connectivity index (χ3n) is 11.4. The van der Waals surface area contributed by atoms with E-state index in [2.05, 4.69) is 11.6 Å². The van der Waals surface area contributed by atoms with Crippen LogP contribution in [0, 0.1) is 17.0 Å². The molecule has 3 aromatic rings. The minimum Gasteiger partial charge on any atom is -0.380 e. The molecule has 21 heteroatoms. The first kappa shape index (κ1) is 34.9. The Kier molecular flexibility index (Phi) is 7.84. The first-order chi connectivity index (χ1) is 22.0. The number of rotatable bonds is 3. The Balaban J connectivity index is 1.78. The van der Waals surface area contributed by atoms with Gasteiger partial charge in [0.2, 0.25) is 5.91 Å². The van der Waals surface area contributed by atoms with Crippen molar-refractivity contribution >= 4 is 97.2 Å². The number of halogens is 5. The third kappa shape index (κ3) is 4.72. The maximum absolute atomic E-state index is 15.5. The van der Waals surface area contributed by atoms with Gasteiger partial charge in [0.25, 0.3) is 0 Å². The van der Waals surface area contributed by atoms with E-state index in [1.165, 1.54) is 10.6 Å².